The number of anilines is 2. The molecule has 194 valence electrons. The standard InChI is InChI=1S/C26H30N6O5/c33-12-11-31(26(35)36)17-3-1-16(2-4-17)23-28-24(30-14-20-9-10-21(15-30)37-20)22-13-27-32(25(22)29-23)18-5-7-19(34)8-6-18/h1-4,13,18,20-21,33H,5-12,14-15H2,(H,35,36). The summed E-state index contributed by atoms with van der Waals surface area (Å²) in [6.07, 6.45) is 5.80. The molecule has 2 atom stereocenters. The molecule has 2 N–H and O–H groups in total. The maximum atomic E-state index is 11.8. The number of fused-ring (bicyclic) bond motifs is 3. The van der Waals surface area contributed by atoms with Gasteiger partial charge in [-0.25, -0.2) is 19.4 Å². The molecule has 2 aliphatic heterocycles. The summed E-state index contributed by atoms with van der Waals surface area (Å²) in [4.78, 5) is 36.7. The SMILES string of the molecule is O=C1CCC(n2ncc3c(N4CC5CCC(C4)O5)nc(-c4ccc(N(CCO)C(=O)O)cc4)nc32)CC1. The largest absolute Gasteiger partial charge is 0.465 e. The average Bonchev–Trinajstić information content (AvgIpc) is 3.49. The quantitative estimate of drug-likeness (QED) is 0.517. The molecule has 1 aromatic carbocycles. The number of carbonyl (C=O) groups is 2. The van der Waals surface area contributed by atoms with Crippen LogP contribution in [0.5, 0.6) is 0 Å². The normalized spacial score (nSPS) is 22.1. The topological polar surface area (TPSA) is 134 Å². The molecule has 3 fully saturated rings. The number of nitrogens with zero attached hydrogens (tertiary/aromatic N) is 6. The molecule has 11 heteroatoms. The van der Waals surface area contributed by atoms with Crippen molar-refractivity contribution in [1.29, 1.82) is 0 Å². The van der Waals surface area contributed by atoms with Crippen LogP contribution in [0, 0.1) is 0 Å². The molecule has 6 rings (SSSR count). The number of carbonyl (C=O) groups excluding carboxylic acids is 1. The predicted molar refractivity (Wildman–Crippen MR) is 136 cm³/mol. The number of ketones is 1. The predicted octanol–water partition coefficient (Wildman–Crippen LogP) is 3.02. The van der Waals surface area contributed by atoms with Gasteiger partial charge in [0, 0.05) is 37.2 Å². The van der Waals surface area contributed by atoms with E-state index in [0.29, 0.717) is 30.1 Å². The molecule has 3 aliphatic rings. The number of hydrogen-bond donors (Lipinski definition) is 2. The highest BCUT2D eigenvalue weighted by molar-refractivity contribution is 5.90. The van der Waals surface area contributed by atoms with Gasteiger partial charge >= 0.3 is 6.09 Å². The summed E-state index contributed by atoms with van der Waals surface area (Å²) < 4.78 is 8.00. The van der Waals surface area contributed by atoms with Crippen molar-refractivity contribution < 1.29 is 24.5 Å². The number of morpholine rings is 1. The number of rotatable bonds is 6. The second-order valence-electron chi connectivity index (χ2n) is 10.0. The highest BCUT2D eigenvalue weighted by Gasteiger charge is 2.36. The van der Waals surface area contributed by atoms with Crippen LogP contribution in [0.2, 0.25) is 0 Å². The van der Waals surface area contributed by atoms with Crippen LogP contribution in [0.3, 0.4) is 0 Å². The zero-order chi connectivity index (χ0) is 25.5. The highest BCUT2D eigenvalue weighted by Crippen LogP contribution is 2.36. The minimum atomic E-state index is -1.13. The lowest BCUT2D eigenvalue weighted by Gasteiger charge is -2.33. The van der Waals surface area contributed by atoms with Crippen molar-refractivity contribution >= 4 is 34.4 Å². The van der Waals surface area contributed by atoms with E-state index < -0.39 is 6.09 Å². The molecule has 2 saturated heterocycles. The summed E-state index contributed by atoms with van der Waals surface area (Å²) in [5.41, 5.74) is 1.96. The Morgan fingerprint density at radius 1 is 1.05 bits per heavy atom. The number of aliphatic hydroxyl groups excluding tert-OH is 1. The summed E-state index contributed by atoms with van der Waals surface area (Å²) in [6, 6.07) is 7.11. The van der Waals surface area contributed by atoms with E-state index in [2.05, 4.69) is 4.90 Å². The number of aromatic nitrogens is 4. The summed E-state index contributed by atoms with van der Waals surface area (Å²) in [5.74, 6) is 1.66. The Balaban J connectivity index is 1.41. The number of amides is 1. The van der Waals surface area contributed by atoms with Crippen LogP contribution >= 0.6 is 0 Å². The van der Waals surface area contributed by atoms with Crippen LogP contribution in [-0.4, -0.2) is 80.3 Å². The molecule has 0 spiro atoms. The van der Waals surface area contributed by atoms with Crippen LogP contribution in [0.1, 0.15) is 44.6 Å². The molecule has 37 heavy (non-hydrogen) atoms. The van der Waals surface area contributed by atoms with Crippen molar-refractivity contribution in [2.24, 2.45) is 0 Å². The Kier molecular flexibility index (Phi) is 6.25. The molecule has 3 aromatic rings. The summed E-state index contributed by atoms with van der Waals surface area (Å²) >= 11 is 0. The molecule has 4 heterocycles. The van der Waals surface area contributed by atoms with Gasteiger partial charge in [0.15, 0.2) is 11.5 Å². The Morgan fingerprint density at radius 3 is 2.41 bits per heavy atom. The maximum Gasteiger partial charge on any atom is 0.411 e. The first-order chi connectivity index (χ1) is 18.0. The molecular weight excluding hydrogens is 476 g/mol. The average molecular weight is 507 g/mol. The molecule has 0 radical (unpaired) electrons. The van der Waals surface area contributed by atoms with E-state index in [4.69, 9.17) is 19.8 Å². The van der Waals surface area contributed by atoms with Crippen LogP contribution in [0.4, 0.5) is 16.3 Å². The lowest BCUT2D eigenvalue weighted by atomic mass is 9.94. The minimum absolute atomic E-state index is 0.0102. The first-order valence-electron chi connectivity index (χ1n) is 12.9. The lowest BCUT2D eigenvalue weighted by molar-refractivity contribution is -0.120. The fourth-order valence-electron chi connectivity index (χ4n) is 5.73. The van der Waals surface area contributed by atoms with Crippen molar-refractivity contribution in [2.45, 2.75) is 56.8 Å². The van der Waals surface area contributed by atoms with E-state index in [1.54, 1.807) is 24.3 Å². The minimum Gasteiger partial charge on any atom is -0.465 e. The summed E-state index contributed by atoms with van der Waals surface area (Å²) in [7, 11) is 0. The Bertz CT molecular complexity index is 1300. The van der Waals surface area contributed by atoms with Crippen LogP contribution < -0.4 is 9.80 Å². The third-order valence-corrected chi connectivity index (χ3v) is 7.63. The van der Waals surface area contributed by atoms with E-state index in [9.17, 15) is 19.8 Å². The molecule has 2 unspecified atom stereocenters. The molecule has 1 aliphatic carbocycles. The third kappa shape index (κ3) is 4.53. The summed E-state index contributed by atoms with van der Waals surface area (Å²) in [5, 5.41) is 24.3. The van der Waals surface area contributed by atoms with Crippen molar-refractivity contribution in [2.75, 3.05) is 36.0 Å². The Morgan fingerprint density at radius 2 is 1.76 bits per heavy atom. The van der Waals surface area contributed by atoms with Gasteiger partial charge in [-0.05, 0) is 49.9 Å². The monoisotopic (exact) mass is 506 g/mol. The maximum absolute atomic E-state index is 11.8. The van der Waals surface area contributed by atoms with Gasteiger partial charge in [0.05, 0.1) is 43.0 Å². The molecule has 2 aromatic heterocycles. The number of ether oxygens (including phenoxy) is 1. The van der Waals surface area contributed by atoms with Gasteiger partial charge in [0.1, 0.15) is 11.6 Å². The second kappa shape index (κ2) is 9.71. The molecule has 1 amide bonds. The van der Waals surface area contributed by atoms with Gasteiger partial charge in [-0.1, -0.05) is 0 Å². The number of hydrogen-bond acceptors (Lipinski definition) is 8. The summed E-state index contributed by atoms with van der Waals surface area (Å²) in [6.45, 7) is 1.25. The van der Waals surface area contributed by atoms with Gasteiger partial charge in [-0.15, -0.1) is 0 Å². The van der Waals surface area contributed by atoms with E-state index in [1.165, 1.54) is 0 Å². The first kappa shape index (κ1) is 23.8. The van der Waals surface area contributed by atoms with E-state index >= 15 is 0 Å². The highest BCUT2D eigenvalue weighted by atomic mass is 16.5. The first-order valence-corrected chi connectivity index (χ1v) is 12.9. The van der Waals surface area contributed by atoms with E-state index in [-0.39, 0.29) is 31.4 Å². The van der Waals surface area contributed by atoms with Crippen LogP contribution in [-0.2, 0) is 9.53 Å². The number of aliphatic hydroxyl groups is 1. The van der Waals surface area contributed by atoms with Gasteiger partial charge in [-0.3, -0.25) is 9.69 Å². The zero-order valence-corrected chi connectivity index (χ0v) is 20.5. The molecular formula is C26H30N6O5. The van der Waals surface area contributed by atoms with E-state index in [1.807, 2.05) is 10.9 Å². The zero-order valence-electron chi connectivity index (χ0n) is 20.5. The fourth-order valence-corrected chi connectivity index (χ4v) is 5.73. The van der Waals surface area contributed by atoms with Crippen molar-refractivity contribution in [3.63, 3.8) is 0 Å². The second-order valence-corrected chi connectivity index (χ2v) is 10.0. The smallest absolute Gasteiger partial charge is 0.411 e. The van der Waals surface area contributed by atoms with Gasteiger partial charge in [0.2, 0.25) is 0 Å². The van der Waals surface area contributed by atoms with Gasteiger partial charge < -0.3 is 19.8 Å². The number of benzene rings is 1. The van der Waals surface area contributed by atoms with Crippen molar-refractivity contribution in [3.8, 4) is 11.4 Å². The van der Waals surface area contributed by atoms with Crippen LogP contribution in [0.25, 0.3) is 22.4 Å². The molecule has 11 nitrogen and oxygen atoms in total. The van der Waals surface area contributed by atoms with Crippen LogP contribution in [0.15, 0.2) is 30.5 Å². The molecule has 2 bridgehead atoms. The fraction of sp³-hybridized carbons (Fsp3) is 0.500. The van der Waals surface area contributed by atoms with Crippen molar-refractivity contribution in [1.82, 2.24) is 19.7 Å². The number of Topliss-reactive ketones (excluding diaryl/α,β-unsaturated/α-hetero) is 1. The van der Waals surface area contributed by atoms with Gasteiger partial charge in [-0.2, -0.15) is 5.10 Å². The Labute approximate surface area is 213 Å². The van der Waals surface area contributed by atoms with Crippen molar-refractivity contribution in [3.05, 3.63) is 30.5 Å². The van der Waals surface area contributed by atoms with E-state index in [0.717, 1.165) is 66.1 Å². The molecule has 1 saturated carbocycles. The lowest BCUT2D eigenvalue weighted by Crippen LogP contribution is -2.43. The third-order valence-electron chi connectivity index (χ3n) is 7.63. The Hall–Kier alpha value is -3.57. The van der Waals surface area contributed by atoms with Gasteiger partial charge in [0.25, 0.3) is 0 Å². The number of carboxylic acid groups (broad SMARTS) is 1.